The monoisotopic (exact) mass is 263 g/mol. The van der Waals surface area contributed by atoms with Crippen molar-refractivity contribution in [3.05, 3.63) is 12.3 Å². The molecule has 0 aromatic carbocycles. The number of rotatable bonds is 2. The summed E-state index contributed by atoms with van der Waals surface area (Å²) in [6.45, 7) is 1.63. The summed E-state index contributed by atoms with van der Waals surface area (Å²) >= 11 is 0. The number of amidine groups is 1. The molecule has 8 heteroatoms. The average molecular weight is 263 g/mol. The molecule has 2 aliphatic heterocycles. The van der Waals surface area contributed by atoms with Crippen molar-refractivity contribution in [2.45, 2.75) is 44.1 Å². The fourth-order valence-electron chi connectivity index (χ4n) is 1.99. The van der Waals surface area contributed by atoms with E-state index in [0.717, 1.165) is 4.90 Å². The van der Waals surface area contributed by atoms with E-state index in [1.807, 2.05) is 0 Å². The van der Waals surface area contributed by atoms with Crippen LogP contribution >= 0.6 is 0 Å². The fourth-order valence-corrected chi connectivity index (χ4v) is 1.99. The van der Waals surface area contributed by atoms with Crippen molar-refractivity contribution in [2.75, 3.05) is 0 Å². The first kappa shape index (κ1) is 13.2. The number of alkyl halides is 2. The maximum atomic E-state index is 13.9. The highest BCUT2D eigenvalue weighted by atomic mass is 19.3. The van der Waals surface area contributed by atoms with E-state index in [9.17, 15) is 19.0 Å². The zero-order chi connectivity index (χ0) is 13.5. The Kier molecular flexibility index (Phi) is 3.26. The van der Waals surface area contributed by atoms with E-state index in [-0.39, 0.29) is 12.3 Å². The third kappa shape index (κ3) is 1.96. The van der Waals surface area contributed by atoms with Crippen molar-refractivity contribution < 1.29 is 23.7 Å². The molecule has 1 saturated heterocycles. The summed E-state index contributed by atoms with van der Waals surface area (Å²) in [5.74, 6) is -3.46. The molecule has 0 amide bonds. The Morgan fingerprint density at radius 1 is 1.56 bits per heavy atom. The lowest BCUT2D eigenvalue weighted by Gasteiger charge is -2.34. The minimum atomic E-state index is -3.49. The maximum Gasteiger partial charge on any atom is 0.319 e. The van der Waals surface area contributed by atoms with Crippen LogP contribution in [0.1, 0.15) is 13.3 Å². The van der Waals surface area contributed by atoms with Gasteiger partial charge in [0.15, 0.2) is 0 Å². The smallest absolute Gasteiger partial charge is 0.319 e. The van der Waals surface area contributed by atoms with Crippen LogP contribution in [0, 0.1) is 0 Å². The molecule has 18 heavy (non-hydrogen) atoms. The maximum absolute atomic E-state index is 13.9. The summed E-state index contributed by atoms with van der Waals surface area (Å²) in [7, 11) is 0. The molecule has 1 unspecified atom stereocenters. The predicted octanol–water partition coefficient (Wildman–Crippen LogP) is -0.420. The first-order valence-corrected chi connectivity index (χ1v) is 5.56. The lowest BCUT2D eigenvalue weighted by molar-refractivity contribution is -0.185. The van der Waals surface area contributed by atoms with Gasteiger partial charge in [-0.3, -0.25) is 0 Å². The Morgan fingerprint density at radius 2 is 2.22 bits per heavy atom. The van der Waals surface area contributed by atoms with Crippen LogP contribution in [-0.4, -0.2) is 51.7 Å². The van der Waals surface area contributed by atoms with Crippen molar-refractivity contribution in [3.63, 3.8) is 0 Å². The molecule has 0 saturated carbocycles. The molecular weight excluding hydrogens is 248 g/mol. The van der Waals surface area contributed by atoms with Crippen molar-refractivity contribution >= 4 is 5.84 Å². The standard InChI is InChI=1S/C10H15F2N3O3/c1-2-5-7(16)10(11,12)8(18-5)15-4-3-6(13)14-9(15)17/h3-5,7-9,16-17H,2H2,1H3,(H2,13,14)/t5-,7-,8-,9?/m1/s1. The molecule has 2 aliphatic rings. The SMILES string of the molecule is CC[C@H]1O[C@@H](N2C=CC(N)=NC2O)C(F)(F)[C@@H]1O. The Bertz CT molecular complexity index is 389. The van der Waals surface area contributed by atoms with Crippen molar-refractivity contribution in [1.82, 2.24) is 4.90 Å². The van der Waals surface area contributed by atoms with Gasteiger partial charge in [-0.1, -0.05) is 6.92 Å². The molecule has 0 aliphatic carbocycles. The largest absolute Gasteiger partial charge is 0.384 e. The van der Waals surface area contributed by atoms with Gasteiger partial charge >= 0.3 is 5.92 Å². The van der Waals surface area contributed by atoms with Gasteiger partial charge in [-0.2, -0.15) is 8.78 Å². The zero-order valence-electron chi connectivity index (χ0n) is 9.70. The van der Waals surface area contributed by atoms with Gasteiger partial charge in [0.05, 0.1) is 6.10 Å². The molecule has 0 spiro atoms. The van der Waals surface area contributed by atoms with Gasteiger partial charge in [0.25, 0.3) is 0 Å². The number of hydrogen-bond donors (Lipinski definition) is 3. The first-order valence-electron chi connectivity index (χ1n) is 5.56. The van der Waals surface area contributed by atoms with E-state index in [4.69, 9.17) is 10.5 Å². The van der Waals surface area contributed by atoms with Crippen LogP contribution in [0.3, 0.4) is 0 Å². The zero-order valence-corrected chi connectivity index (χ0v) is 9.70. The molecule has 4 atom stereocenters. The second-order valence-electron chi connectivity index (χ2n) is 4.22. The molecule has 2 rings (SSSR count). The number of hydrogen-bond acceptors (Lipinski definition) is 6. The minimum Gasteiger partial charge on any atom is -0.384 e. The Labute approximate surface area is 102 Å². The van der Waals surface area contributed by atoms with Gasteiger partial charge in [-0.05, 0) is 12.5 Å². The van der Waals surface area contributed by atoms with E-state index in [2.05, 4.69) is 4.99 Å². The molecule has 6 nitrogen and oxygen atoms in total. The lowest BCUT2D eigenvalue weighted by atomic mass is 10.1. The number of aliphatic hydroxyl groups is 2. The van der Waals surface area contributed by atoms with Gasteiger partial charge in [0.2, 0.25) is 12.6 Å². The number of aliphatic imine (C=N–C) groups is 1. The van der Waals surface area contributed by atoms with Crippen LogP contribution in [0.15, 0.2) is 17.3 Å². The van der Waals surface area contributed by atoms with Crippen molar-refractivity contribution in [2.24, 2.45) is 10.7 Å². The summed E-state index contributed by atoms with van der Waals surface area (Å²) in [5.41, 5.74) is 5.33. The lowest BCUT2D eigenvalue weighted by Crippen LogP contribution is -2.51. The number of nitrogens with two attached hydrogens (primary N) is 1. The predicted molar refractivity (Wildman–Crippen MR) is 58.5 cm³/mol. The van der Waals surface area contributed by atoms with Crippen LogP contribution in [0.5, 0.6) is 0 Å². The highest BCUT2D eigenvalue weighted by Crippen LogP contribution is 2.40. The normalized spacial score (nSPS) is 38.9. The molecule has 4 N–H and O–H groups in total. The second-order valence-corrected chi connectivity index (χ2v) is 4.22. The topological polar surface area (TPSA) is 91.3 Å². The molecular formula is C10H15F2N3O3. The van der Waals surface area contributed by atoms with E-state index in [0.29, 0.717) is 0 Å². The first-order chi connectivity index (χ1) is 8.37. The highest BCUT2D eigenvalue weighted by Gasteiger charge is 2.60. The fraction of sp³-hybridized carbons (Fsp3) is 0.700. The third-order valence-corrected chi connectivity index (χ3v) is 3.00. The van der Waals surface area contributed by atoms with Crippen LogP contribution in [0.4, 0.5) is 8.78 Å². The van der Waals surface area contributed by atoms with Crippen molar-refractivity contribution in [1.29, 1.82) is 0 Å². The Morgan fingerprint density at radius 3 is 2.72 bits per heavy atom. The summed E-state index contributed by atoms with van der Waals surface area (Å²) in [6, 6.07) is 0. The summed E-state index contributed by atoms with van der Waals surface area (Å²) in [6.07, 6.45) is -3.50. The summed E-state index contributed by atoms with van der Waals surface area (Å²) in [4.78, 5) is 4.37. The van der Waals surface area contributed by atoms with Gasteiger partial charge in [0, 0.05) is 6.20 Å². The third-order valence-electron chi connectivity index (χ3n) is 3.00. The molecule has 1 fully saturated rings. The molecule has 0 aromatic rings. The highest BCUT2D eigenvalue weighted by molar-refractivity contribution is 5.91. The van der Waals surface area contributed by atoms with Crippen LogP contribution in [0.2, 0.25) is 0 Å². The number of ether oxygens (including phenoxy) is 1. The van der Waals surface area contributed by atoms with Gasteiger partial charge < -0.3 is 25.6 Å². The van der Waals surface area contributed by atoms with Gasteiger partial charge in [-0.25, -0.2) is 4.99 Å². The number of nitrogens with zero attached hydrogens (tertiary/aromatic N) is 2. The van der Waals surface area contributed by atoms with E-state index in [1.165, 1.54) is 12.3 Å². The van der Waals surface area contributed by atoms with E-state index in [1.54, 1.807) is 6.92 Å². The van der Waals surface area contributed by atoms with E-state index < -0.39 is 30.7 Å². The molecule has 0 bridgehead atoms. The quantitative estimate of drug-likeness (QED) is 0.629. The Balaban J connectivity index is 2.22. The molecule has 102 valence electrons. The number of halogens is 2. The molecule has 0 radical (unpaired) electrons. The second kappa shape index (κ2) is 4.45. The average Bonchev–Trinajstić information content (AvgIpc) is 2.52. The van der Waals surface area contributed by atoms with Crippen molar-refractivity contribution in [3.8, 4) is 0 Å². The number of aliphatic hydroxyl groups excluding tert-OH is 2. The minimum absolute atomic E-state index is 0.0349. The summed E-state index contributed by atoms with van der Waals surface area (Å²) in [5, 5.41) is 19.1. The molecule has 0 aromatic heterocycles. The summed E-state index contributed by atoms with van der Waals surface area (Å²) < 4.78 is 32.8. The van der Waals surface area contributed by atoms with E-state index >= 15 is 0 Å². The van der Waals surface area contributed by atoms with Gasteiger partial charge in [-0.15, -0.1) is 0 Å². The Hall–Kier alpha value is -1.25. The van der Waals surface area contributed by atoms with Crippen LogP contribution in [0.25, 0.3) is 0 Å². The van der Waals surface area contributed by atoms with Crippen LogP contribution < -0.4 is 5.73 Å². The molecule has 2 heterocycles. The van der Waals surface area contributed by atoms with Crippen LogP contribution in [-0.2, 0) is 4.74 Å². The van der Waals surface area contributed by atoms with Gasteiger partial charge in [0.1, 0.15) is 11.9 Å².